The lowest BCUT2D eigenvalue weighted by atomic mass is 10.1. The van der Waals surface area contributed by atoms with Crippen molar-refractivity contribution in [1.82, 2.24) is 5.32 Å². The Labute approximate surface area is 136 Å². The van der Waals surface area contributed by atoms with Crippen molar-refractivity contribution in [1.29, 1.82) is 0 Å². The number of aliphatic carboxylic acids is 2. The van der Waals surface area contributed by atoms with Crippen LogP contribution in [0.2, 0.25) is 0 Å². The second kappa shape index (κ2) is 12.2. The van der Waals surface area contributed by atoms with E-state index in [0.717, 1.165) is 25.1 Å². The van der Waals surface area contributed by atoms with E-state index in [9.17, 15) is 0 Å². The van der Waals surface area contributed by atoms with Crippen LogP contribution in [0, 0.1) is 0 Å². The minimum absolute atomic E-state index is 0.557. The summed E-state index contributed by atoms with van der Waals surface area (Å²) < 4.78 is 5.77. The van der Waals surface area contributed by atoms with E-state index in [1.54, 1.807) is 0 Å². The van der Waals surface area contributed by atoms with Crippen LogP contribution in [-0.2, 0) is 16.0 Å². The standard InChI is InChI=1S/C15H23NO.C2H2O4/c1-4-8-14-9-6-7-10-15(14)17-12-11-16-13(3)5-2;3-1(4)2(5)6/h4,6-7,9-10,13,16H,1,5,8,11-12H2,2-3H3;(H,3,4)(H,5,6). The average molecular weight is 323 g/mol. The largest absolute Gasteiger partial charge is 0.492 e. The van der Waals surface area contributed by atoms with Gasteiger partial charge in [-0.15, -0.1) is 6.58 Å². The van der Waals surface area contributed by atoms with Crippen LogP contribution in [-0.4, -0.2) is 41.3 Å². The van der Waals surface area contributed by atoms with Crippen LogP contribution in [0.4, 0.5) is 0 Å². The summed E-state index contributed by atoms with van der Waals surface area (Å²) in [4.78, 5) is 18.2. The Morgan fingerprint density at radius 2 is 1.91 bits per heavy atom. The molecule has 1 atom stereocenters. The molecule has 0 saturated carbocycles. The van der Waals surface area contributed by atoms with Crippen LogP contribution < -0.4 is 10.1 Å². The fraction of sp³-hybridized carbons (Fsp3) is 0.412. The summed E-state index contributed by atoms with van der Waals surface area (Å²) in [7, 11) is 0. The van der Waals surface area contributed by atoms with E-state index in [1.165, 1.54) is 5.56 Å². The van der Waals surface area contributed by atoms with Crippen molar-refractivity contribution >= 4 is 11.9 Å². The zero-order valence-corrected chi connectivity index (χ0v) is 13.6. The molecule has 1 aromatic carbocycles. The number of carboxylic acids is 2. The van der Waals surface area contributed by atoms with E-state index in [0.29, 0.717) is 12.6 Å². The van der Waals surface area contributed by atoms with Gasteiger partial charge in [0.2, 0.25) is 0 Å². The molecule has 0 spiro atoms. The van der Waals surface area contributed by atoms with Crippen LogP contribution in [0.1, 0.15) is 25.8 Å². The fourth-order valence-corrected chi connectivity index (χ4v) is 1.58. The van der Waals surface area contributed by atoms with Crippen molar-refractivity contribution in [2.75, 3.05) is 13.2 Å². The second-order valence-corrected chi connectivity index (χ2v) is 4.82. The van der Waals surface area contributed by atoms with Crippen molar-refractivity contribution in [3.05, 3.63) is 42.5 Å². The summed E-state index contributed by atoms with van der Waals surface area (Å²) >= 11 is 0. The number of hydrogen-bond donors (Lipinski definition) is 3. The van der Waals surface area contributed by atoms with E-state index in [1.807, 2.05) is 24.3 Å². The van der Waals surface area contributed by atoms with Gasteiger partial charge in [-0.05, 0) is 31.4 Å². The van der Waals surface area contributed by atoms with E-state index >= 15 is 0 Å². The molecular formula is C17H25NO5. The van der Waals surface area contributed by atoms with Gasteiger partial charge in [0.05, 0.1) is 0 Å². The highest BCUT2D eigenvalue weighted by Crippen LogP contribution is 2.18. The monoisotopic (exact) mass is 323 g/mol. The van der Waals surface area contributed by atoms with Crippen LogP contribution >= 0.6 is 0 Å². The van der Waals surface area contributed by atoms with Crippen molar-refractivity contribution in [2.45, 2.75) is 32.7 Å². The first-order valence-electron chi connectivity index (χ1n) is 7.43. The molecule has 0 saturated heterocycles. The number of ether oxygens (including phenoxy) is 1. The molecule has 0 fully saturated rings. The number of nitrogens with one attached hydrogen (secondary N) is 1. The van der Waals surface area contributed by atoms with Gasteiger partial charge < -0.3 is 20.3 Å². The molecule has 1 unspecified atom stereocenters. The number of para-hydroxylation sites is 1. The number of carbonyl (C=O) groups is 2. The molecule has 0 amide bonds. The Kier molecular flexibility index (Phi) is 11.0. The Bertz CT molecular complexity index is 490. The average Bonchev–Trinajstić information content (AvgIpc) is 2.53. The molecule has 6 nitrogen and oxygen atoms in total. The minimum atomic E-state index is -1.82. The summed E-state index contributed by atoms with van der Waals surface area (Å²) in [6, 6.07) is 8.69. The quantitative estimate of drug-likeness (QED) is 0.386. The van der Waals surface area contributed by atoms with Gasteiger partial charge in [-0.2, -0.15) is 0 Å². The van der Waals surface area contributed by atoms with Gasteiger partial charge in [0.15, 0.2) is 0 Å². The second-order valence-electron chi connectivity index (χ2n) is 4.82. The molecule has 1 aromatic rings. The smallest absolute Gasteiger partial charge is 0.414 e. The lowest BCUT2D eigenvalue weighted by Gasteiger charge is -2.13. The maximum atomic E-state index is 9.10. The molecule has 0 radical (unpaired) electrons. The Morgan fingerprint density at radius 1 is 1.30 bits per heavy atom. The van der Waals surface area contributed by atoms with Gasteiger partial charge in [0.1, 0.15) is 12.4 Å². The van der Waals surface area contributed by atoms with Gasteiger partial charge >= 0.3 is 11.9 Å². The molecule has 0 aliphatic rings. The Hall–Kier alpha value is -2.34. The number of allylic oxidation sites excluding steroid dienone is 1. The topological polar surface area (TPSA) is 95.9 Å². The lowest BCUT2D eigenvalue weighted by molar-refractivity contribution is -0.159. The summed E-state index contributed by atoms with van der Waals surface area (Å²) in [6.07, 6.45) is 3.90. The number of hydrogen-bond acceptors (Lipinski definition) is 4. The van der Waals surface area contributed by atoms with E-state index in [4.69, 9.17) is 24.5 Å². The van der Waals surface area contributed by atoms with Crippen LogP contribution in [0.25, 0.3) is 0 Å². The molecule has 6 heteroatoms. The molecule has 0 bridgehead atoms. The summed E-state index contributed by atoms with van der Waals surface area (Å²) in [6.45, 7) is 9.72. The van der Waals surface area contributed by atoms with Crippen molar-refractivity contribution in [2.24, 2.45) is 0 Å². The maximum absolute atomic E-state index is 9.10. The fourth-order valence-electron chi connectivity index (χ4n) is 1.58. The van der Waals surface area contributed by atoms with Crippen LogP contribution in [0.15, 0.2) is 36.9 Å². The highest BCUT2D eigenvalue weighted by Gasteiger charge is 2.04. The molecule has 128 valence electrons. The molecule has 0 aromatic heterocycles. The summed E-state index contributed by atoms with van der Waals surface area (Å²) in [5, 5.41) is 18.2. The third kappa shape index (κ3) is 10.1. The lowest BCUT2D eigenvalue weighted by Crippen LogP contribution is -2.29. The highest BCUT2D eigenvalue weighted by atomic mass is 16.5. The van der Waals surface area contributed by atoms with Gasteiger partial charge in [0.25, 0.3) is 0 Å². The third-order valence-electron chi connectivity index (χ3n) is 2.98. The maximum Gasteiger partial charge on any atom is 0.414 e. The molecule has 1 rings (SSSR count). The highest BCUT2D eigenvalue weighted by molar-refractivity contribution is 6.27. The van der Waals surface area contributed by atoms with Crippen LogP contribution in [0.3, 0.4) is 0 Å². The predicted octanol–water partition coefficient (Wildman–Crippen LogP) is 2.34. The van der Waals surface area contributed by atoms with Gasteiger partial charge in [0, 0.05) is 12.6 Å². The normalized spacial score (nSPS) is 10.9. The van der Waals surface area contributed by atoms with E-state index in [-0.39, 0.29) is 0 Å². The first kappa shape index (κ1) is 20.7. The number of carboxylic acid groups (broad SMARTS) is 2. The molecular weight excluding hydrogens is 298 g/mol. The molecule has 3 N–H and O–H groups in total. The SMILES string of the molecule is C=CCc1ccccc1OCCNC(C)CC.O=C(O)C(=O)O. The van der Waals surface area contributed by atoms with Gasteiger partial charge in [-0.1, -0.05) is 31.2 Å². The Morgan fingerprint density at radius 3 is 2.43 bits per heavy atom. The summed E-state index contributed by atoms with van der Waals surface area (Å²) in [5.41, 5.74) is 1.20. The predicted molar refractivity (Wildman–Crippen MR) is 88.9 cm³/mol. The van der Waals surface area contributed by atoms with Crippen LogP contribution in [0.5, 0.6) is 5.75 Å². The molecule has 23 heavy (non-hydrogen) atoms. The molecule has 0 aliphatic carbocycles. The first-order valence-corrected chi connectivity index (χ1v) is 7.43. The van der Waals surface area contributed by atoms with Gasteiger partial charge in [-0.3, -0.25) is 0 Å². The van der Waals surface area contributed by atoms with Crippen molar-refractivity contribution in [3.63, 3.8) is 0 Å². The minimum Gasteiger partial charge on any atom is -0.492 e. The van der Waals surface area contributed by atoms with Crippen molar-refractivity contribution < 1.29 is 24.5 Å². The molecule has 0 aliphatic heterocycles. The number of rotatable bonds is 8. The van der Waals surface area contributed by atoms with Gasteiger partial charge in [-0.25, -0.2) is 9.59 Å². The zero-order valence-electron chi connectivity index (χ0n) is 13.6. The first-order chi connectivity index (χ1) is 10.9. The van der Waals surface area contributed by atoms with Crippen molar-refractivity contribution in [3.8, 4) is 5.75 Å². The third-order valence-corrected chi connectivity index (χ3v) is 2.98. The number of benzene rings is 1. The molecule has 0 heterocycles. The van der Waals surface area contributed by atoms with E-state index in [2.05, 4.69) is 31.8 Å². The summed E-state index contributed by atoms with van der Waals surface area (Å²) in [5.74, 6) is -2.68. The Balaban J connectivity index is 0.000000688. The van der Waals surface area contributed by atoms with E-state index < -0.39 is 11.9 Å². The zero-order chi connectivity index (χ0) is 17.7.